The van der Waals surface area contributed by atoms with Crippen molar-refractivity contribution in [3.63, 3.8) is 0 Å². The average molecular weight is 822 g/mol. The van der Waals surface area contributed by atoms with Gasteiger partial charge in [0.15, 0.2) is 6.10 Å². The van der Waals surface area contributed by atoms with Crippen molar-refractivity contribution in [1.82, 2.24) is 45.5 Å². The standard InChI is InChI=1S/C31H35N9O14S2/c1-3-38-8-9-39(25(48)24(38)47)30(52)33-15(12-4-6-14(41)7-5-12)22(45)32-16-23(46)40-17(13(10-55-26(16)40)11-56-31-34-35-36-37(31)2)28(51)54-29-20(44)18(42)19(43)21(53-29)27(49)50/h4-7,15-16,18-21,26,29,41-44H,3,8-11H2,1-2H3,(H,32,45)(H,33,52)(H,49,50)/t15-,16-,18?,19?,20?,21?,26-,29?/m1/s1. The fourth-order valence-corrected chi connectivity index (χ4v) is 8.50. The smallest absolute Gasteiger partial charge is 0.357 e. The van der Waals surface area contributed by atoms with E-state index in [1.807, 2.05) is 0 Å². The van der Waals surface area contributed by atoms with E-state index in [0.29, 0.717) is 15.6 Å². The molecule has 300 valence electrons. The van der Waals surface area contributed by atoms with Crippen molar-refractivity contribution < 1.29 is 68.6 Å². The molecule has 0 saturated carbocycles. The molecule has 3 fully saturated rings. The summed E-state index contributed by atoms with van der Waals surface area (Å²) in [5.74, 6) is -6.81. The van der Waals surface area contributed by atoms with E-state index >= 15 is 0 Å². The highest BCUT2D eigenvalue weighted by molar-refractivity contribution is 8.01. The van der Waals surface area contributed by atoms with Crippen LogP contribution in [0, 0.1) is 0 Å². The molecular formula is C31H35N9O14S2. The van der Waals surface area contributed by atoms with E-state index in [4.69, 9.17) is 9.47 Å². The van der Waals surface area contributed by atoms with Crippen LogP contribution in [0.15, 0.2) is 40.7 Å². The molecule has 4 aliphatic heterocycles. The zero-order chi connectivity index (χ0) is 40.6. The number of hydrogen-bond donors (Lipinski definition) is 7. The first kappa shape index (κ1) is 40.3. The summed E-state index contributed by atoms with van der Waals surface area (Å²) in [6.07, 6.45) is -10.4. The predicted molar refractivity (Wildman–Crippen MR) is 185 cm³/mol. The van der Waals surface area contributed by atoms with Gasteiger partial charge >= 0.3 is 29.8 Å². The molecule has 7 N–H and O–H groups in total. The normalized spacial score (nSPS) is 27.0. The number of tetrazole rings is 1. The maximum Gasteiger partial charge on any atom is 0.357 e. The number of aromatic nitrogens is 4. The van der Waals surface area contributed by atoms with Crippen LogP contribution in [0.2, 0.25) is 0 Å². The van der Waals surface area contributed by atoms with Crippen molar-refractivity contribution in [1.29, 1.82) is 0 Å². The summed E-state index contributed by atoms with van der Waals surface area (Å²) in [4.78, 5) is 94.6. The van der Waals surface area contributed by atoms with Gasteiger partial charge in [-0.25, -0.2) is 19.1 Å². The second-order valence-corrected chi connectivity index (χ2v) is 14.7. The number of hydrogen-bond acceptors (Lipinski definition) is 18. The molecule has 1 aromatic carbocycles. The monoisotopic (exact) mass is 821 g/mol. The van der Waals surface area contributed by atoms with Gasteiger partial charge in [0.2, 0.25) is 17.4 Å². The van der Waals surface area contributed by atoms with Crippen LogP contribution in [-0.2, 0) is 45.3 Å². The lowest BCUT2D eigenvalue weighted by atomic mass is 9.99. The predicted octanol–water partition coefficient (Wildman–Crippen LogP) is -3.76. The Bertz CT molecular complexity index is 1960. The maximum absolute atomic E-state index is 13.9. The van der Waals surface area contributed by atoms with Crippen molar-refractivity contribution in [2.24, 2.45) is 7.05 Å². The molecule has 0 aliphatic carbocycles. The van der Waals surface area contributed by atoms with Crippen molar-refractivity contribution >= 4 is 65.1 Å². The number of aromatic hydroxyl groups is 1. The summed E-state index contributed by atoms with van der Waals surface area (Å²) in [7, 11) is 1.57. The minimum Gasteiger partial charge on any atom is -0.508 e. The molecule has 5 heterocycles. The van der Waals surface area contributed by atoms with Gasteiger partial charge < -0.3 is 50.5 Å². The van der Waals surface area contributed by atoms with Crippen LogP contribution >= 0.6 is 23.5 Å². The minimum absolute atomic E-state index is 0.0229. The highest BCUT2D eigenvalue weighted by atomic mass is 32.2. The SMILES string of the molecule is CCN1CCN(C(=O)N[C@@H](C(=O)N[C@@H]2C(=O)N3C(C(=O)OC4OC(C(=O)O)C(O)C(O)C4O)=C(CSc4nnnn4C)CS[C@H]23)c2ccc(O)cc2)C(=O)C1=O. The number of likely N-dealkylation sites (N-methyl/N-ethyl adjacent to an activating group) is 1. The average Bonchev–Trinajstić information content (AvgIpc) is 3.59. The number of phenols is 1. The fraction of sp³-hybridized carbons (Fsp3) is 0.484. The van der Waals surface area contributed by atoms with E-state index < -0.39 is 89.8 Å². The molecular weight excluding hydrogens is 787 g/mol. The Labute approximate surface area is 323 Å². The first-order valence-corrected chi connectivity index (χ1v) is 18.8. The van der Waals surface area contributed by atoms with Gasteiger partial charge in [0.1, 0.15) is 47.2 Å². The molecule has 0 spiro atoms. The Morgan fingerprint density at radius 1 is 1.05 bits per heavy atom. The van der Waals surface area contributed by atoms with Gasteiger partial charge in [0, 0.05) is 38.2 Å². The second kappa shape index (κ2) is 16.4. The number of aliphatic hydroxyl groups excluding tert-OH is 3. The highest BCUT2D eigenvalue weighted by Crippen LogP contribution is 2.42. The summed E-state index contributed by atoms with van der Waals surface area (Å²) in [6.45, 7) is 1.83. The summed E-state index contributed by atoms with van der Waals surface area (Å²) in [5.41, 5.74) is 0.104. The molecule has 0 radical (unpaired) electrons. The molecule has 1 aromatic heterocycles. The van der Waals surface area contributed by atoms with Gasteiger partial charge in [-0.1, -0.05) is 23.9 Å². The zero-order valence-electron chi connectivity index (χ0n) is 29.3. The number of aliphatic carboxylic acids is 1. The Hall–Kier alpha value is -5.34. The number of fused-ring (bicyclic) bond motifs is 1. The zero-order valence-corrected chi connectivity index (χ0v) is 31.0. The Kier molecular flexibility index (Phi) is 11.8. The van der Waals surface area contributed by atoms with Gasteiger partial charge in [-0.3, -0.25) is 29.0 Å². The summed E-state index contributed by atoms with van der Waals surface area (Å²) >= 11 is 2.24. The largest absolute Gasteiger partial charge is 0.508 e. The van der Waals surface area contributed by atoms with E-state index in [1.165, 1.54) is 33.8 Å². The van der Waals surface area contributed by atoms with Crippen LogP contribution in [-0.4, -0.2) is 175 Å². The van der Waals surface area contributed by atoms with Gasteiger partial charge in [0.25, 0.3) is 5.91 Å². The lowest BCUT2D eigenvalue weighted by molar-refractivity contribution is -0.285. The number of amides is 6. The Balaban J connectivity index is 1.23. The summed E-state index contributed by atoms with van der Waals surface area (Å²) in [5, 5.41) is 65.7. The molecule has 2 aromatic rings. The van der Waals surface area contributed by atoms with Crippen molar-refractivity contribution in [3.8, 4) is 5.75 Å². The number of aryl methyl sites for hydroxylation is 1. The number of urea groups is 1. The van der Waals surface area contributed by atoms with Crippen LogP contribution in [0.25, 0.3) is 0 Å². The number of ether oxygens (including phenoxy) is 2. The van der Waals surface area contributed by atoms with E-state index in [-0.39, 0.29) is 48.1 Å². The quantitative estimate of drug-likeness (QED) is 0.0495. The number of esters is 1. The number of carbonyl (C=O) groups is 7. The van der Waals surface area contributed by atoms with E-state index in [1.54, 1.807) is 14.0 Å². The Morgan fingerprint density at radius 2 is 1.77 bits per heavy atom. The number of carboxylic acid groups (broad SMARTS) is 1. The number of piperazine rings is 1. The molecule has 56 heavy (non-hydrogen) atoms. The van der Waals surface area contributed by atoms with Crippen LogP contribution in [0.5, 0.6) is 5.75 Å². The molecule has 3 saturated heterocycles. The molecule has 4 aliphatic rings. The summed E-state index contributed by atoms with van der Waals surface area (Å²) in [6, 6.07) is 1.22. The number of rotatable bonds is 11. The first-order chi connectivity index (χ1) is 26.6. The molecule has 23 nitrogen and oxygen atoms in total. The molecule has 6 rings (SSSR count). The third-order valence-electron chi connectivity index (χ3n) is 9.22. The van der Waals surface area contributed by atoms with Gasteiger partial charge in [0.05, 0.1) is 0 Å². The maximum atomic E-state index is 13.9. The molecule has 8 atom stereocenters. The number of imide groups is 1. The second-order valence-electron chi connectivity index (χ2n) is 12.7. The summed E-state index contributed by atoms with van der Waals surface area (Å²) < 4.78 is 11.8. The first-order valence-electron chi connectivity index (χ1n) is 16.8. The lowest BCUT2D eigenvalue weighted by Gasteiger charge is -2.50. The lowest BCUT2D eigenvalue weighted by Crippen LogP contribution is -2.71. The topological polar surface area (TPSA) is 316 Å². The number of β-lactam (4-membered cyclic amide) rings is 1. The molecule has 25 heteroatoms. The number of nitrogens with zero attached hydrogens (tertiary/aromatic N) is 7. The molecule has 6 amide bonds. The van der Waals surface area contributed by atoms with E-state index in [0.717, 1.165) is 28.4 Å². The minimum atomic E-state index is -2.09. The number of thioether (sulfide) groups is 2. The van der Waals surface area contributed by atoms with E-state index in [9.17, 15) is 59.1 Å². The van der Waals surface area contributed by atoms with Crippen LogP contribution in [0.1, 0.15) is 18.5 Å². The number of phenolic OH excluding ortho intramolecular Hbond substituents is 1. The van der Waals surface area contributed by atoms with Crippen molar-refractivity contribution in [3.05, 3.63) is 41.1 Å². The number of carbonyl (C=O) groups excluding carboxylic acids is 6. The third kappa shape index (κ3) is 7.72. The van der Waals surface area contributed by atoms with Crippen molar-refractivity contribution in [2.75, 3.05) is 31.1 Å². The van der Waals surface area contributed by atoms with Crippen LogP contribution in [0.3, 0.4) is 0 Å². The van der Waals surface area contributed by atoms with Gasteiger partial charge in [-0.05, 0) is 40.6 Å². The highest BCUT2D eigenvalue weighted by Gasteiger charge is 2.56. The molecule has 5 unspecified atom stereocenters. The number of carboxylic acids is 1. The van der Waals surface area contributed by atoms with E-state index in [2.05, 4.69) is 26.2 Å². The number of benzene rings is 1. The number of aliphatic hydroxyl groups is 3. The fourth-order valence-electron chi connectivity index (χ4n) is 6.16. The van der Waals surface area contributed by atoms with Gasteiger partial charge in [-0.2, -0.15) is 0 Å². The third-order valence-corrected chi connectivity index (χ3v) is 11.7. The van der Waals surface area contributed by atoms with Crippen LogP contribution < -0.4 is 10.6 Å². The van der Waals surface area contributed by atoms with Gasteiger partial charge in [-0.15, -0.1) is 16.9 Å². The van der Waals surface area contributed by atoms with Crippen molar-refractivity contribution in [2.45, 2.75) is 60.2 Å². The number of nitrogens with one attached hydrogen (secondary N) is 2. The molecule has 0 bridgehead atoms. The Morgan fingerprint density at radius 3 is 2.41 bits per heavy atom. The van der Waals surface area contributed by atoms with Crippen LogP contribution in [0.4, 0.5) is 4.79 Å².